The first-order valence-corrected chi connectivity index (χ1v) is 11.5. The highest BCUT2D eigenvalue weighted by Crippen LogP contribution is 2.32. The standard InChI is InChI=1S/C24H17ClF2N4O.C2H6/c25-10-16-8-19(26)20(27)9-17(16)13-5-6-21-18(7-13)22(30-24(28)29-21)23(32)31-11-14-3-1-2-4-15(14)12-31;1-2/h1-9H,10-12H2,(H2,28,29,30);1-2H3. The number of alkyl halides is 1. The molecule has 0 spiro atoms. The van der Waals surface area contributed by atoms with Crippen LogP contribution in [-0.4, -0.2) is 20.8 Å². The molecule has 1 aliphatic rings. The van der Waals surface area contributed by atoms with Gasteiger partial charge in [0.2, 0.25) is 5.95 Å². The van der Waals surface area contributed by atoms with Gasteiger partial charge in [-0.25, -0.2) is 18.7 Å². The maximum Gasteiger partial charge on any atom is 0.273 e. The van der Waals surface area contributed by atoms with Crippen LogP contribution < -0.4 is 5.73 Å². The molecule has 0 fully saturated rings. The van der Waals surface area contributed by atoms with Crippen LogP contribution >= 0.6 is 11.6 Å². The monoisotopic (exact) mass is 480 g/mol. The van der Waals surface area contributed by atoms with E-state index in [1.165, 1.54) is 0 Å². The molecule has 2 N–H and O–H groups in total. The molecule has 1 aliphatic heterocycles. The van der Waals surface area contributed by atoms with Gasteiger partial charge in [0.15, 0.2) is 11.6 Å². The van der Waals surface area contributed by atoms with Gasteiger partial charge in [-0.05, 0) is 52.1 Å². The number of carbonyl (C=O) groups excluding carboxylic acids is 1. The number of aromatic nitrogens is 2. The highest BCUT2D eigenvalue weighted by Gasteiger charge is 2.27. The van der Waals surface area contributed by atoms with Crippen LogP contribution in [0, 0.1) is 11.6 Å². The molecule has 5 rings (SSSR count). The van der Waals surface area contributed by atoms with Crippen molar-refractivity contribution in [3.05, 3.63) is 88.6 Å². The number of amides is 1. The van der Waals surface area contributed by atoms with Gasteiger partial charge in [0.05, 0.1) is 5.52 Å². The first kappa shape index (κ1) is 23.6. The maximum atomic E-state index is 14.0. The van der Waals surface area contributed by atoms with Gasteiger partial charge in [-0.2, -0.15) is 0 Å². The van der Waals surface area contributed by atoms with Crippen LogP contribution in [0.5, 0.6) is 0 Å². The Morgan fingerprint density at radius 2 is 1.65 bits per heavy atom. The third-order valence-corrected chi connectivity index (χ3v) is 5.93. The fourth-order valence-electron chi connectivity index (χ4n) is 4.07. The van der Waals surface area contributed by atoms with Gasteiger partial charge < -0.3 is 10.6 Å². The third-order valence-electron chi connectivity index (χ3n) is 5.64. The summed E-state index contributed by atoms with van der Waals surface area (Å²) in [5.74, 6) is -2.24. The molecule has 8 heteroatoms. The van der Waals surface area contributed by atoms with Crippen molar-refractivity contribution < 1.29 is 13.6 Å². The second-order valence-electron chi connectivity index (χ2n) is 7.65. The summed E-state index contributed by atoms with van der Waals surface area (Å²) in [5.41, 5.74) is 10.1. The minimum atomic E-state index is -0.978. The van der Waals surface area contributed by atoms with Crippen molar-refractivity contribution in [3.63, 3.8) is 0 Å². The number of halogens is 3. The molecule has 0 atom stereocenters. The van der Waals surface area contributed by atoms with E-state index >= 15 is 0 Å². The Morgan fingerprint density at radius 1 is 1.00 bits per heavy atom. The molecule has 3 aromatic carbocycles. The zero-order chi connectivity index (χ0) is 24.4. The van der Waals surface area contributed by atoms with E-state index in [4.69, 9.17) is 17.3 Å². The van der Waals surface area contributed by atoms with E-state index in [0.29, 0.717) is 40.7 Å². The van der Waals surface area contributed by atoms with Gasteiger partial charge >= 0.3 is 0 Å². The Balaban J connectivity index is 0.00000133. The summed E-state index contributed by atoms with van der Waals surface area (Å²) in [7, 11) is 0. The first-order chi connectivity index (χ1) is 16.4. The fraction of sp³-hybridized carbons (Fsp3) is 0.192. The molecule has 34 heavy (non-hydrogen) atoms. The molecule has 0 radical (unpaired) electrons. The van der Waals surface area contributed by atoms with E-state index in [-0.39, 0.29) is 23.4 Å². The molecule has 174 valence electrons. The van der Waals surface area contributed by atoms with E-state index in [0.717, 1.165) is 23.3 Å². The van der Waals surface area contributed by atoms with Crippen LogP contribution in [0.25, 0.3) is 22.0 Å². The SMILES string of the molecule is CC.Nc1nc(C(=O)N2Cc3ccccc3C2)c2cc(-c3cc(F)c(F)cc3CCl)ccc2n1. The molecule has 2 heterocycles. The lowest BCUT2D eigenvalue weighted by Gasteiger charge is -2.17. The number of hydrogen-bond acceptors (Lipinski definition) is 4. The topological polar surface area (TPSA) is 72.1 Å². The predicted octanol–water partition coefficient (Wildman–Crippen LogP) is 6.08. The van der Waals surface area contributed by atoms with Crippen LogP contribution in [0.3, 0.4) is 0 Å². The van der Waals surface area contributed by atoms with Crippen molar-refractivity contribution in [3.8, 4) is 11.1 Å². The smallest absolute Gasteiger partial charge is 0.273 e. The lowest BCUT2D eigenvalue weighted by Crippen LogP contribution is -2.27. The van der Waals surface area contributed by atoms with Gasteiger partial charge in [0.1, 0.15) is 5.69 Å². The second-order valence-corrected chi connectivity index (χ2v) is 7.92. The molecule has 0 unspecified atom stereocenters. The highest BCUT2D eigenvalue weighted by molar-refractivity contribution is 6.17. The summed E-state index contributed by atoms with van der Waals surface area (Å²) in [6, 6.07) is 15.1. The Hall–Kier alpha value is -3.58. The van der Waals surface area contributed by atoms with Crippen molar-refractivity contribution >= 4 is 34.4 Å². The molecule has 0 aliphatic carbocycles. The van der Waals surface area contributed by atoms with Crippen molar-refractivity contribution in [1.82, 2.24) is 14.9 Å². The normalized spacial score (nSPS) is 12.3. The quantitative estimate of drug-likeness (QED) is 0.361. The molecule has 1 aromatic heterocycles. The zero-order valence-electron chi connectivity index (χ0n) is 18.8. The summed E-state index contributed by atoms with van der Waals surface area (Å²) in [6.45, 7) is 4.94. The Bertz CT molecular complexity index is 1370. The molecular weight excluding hydrogens is 458 g/mol. The van der Waals surface area contributed by atoms with Crippen LogP contribution in [0.2, 0.25) is 0 Å². The highest BCUT2D eigenvalue weighted by atomic mass is 35.5. The molecule has 0 saturated heterocycles. The van der Waals surface area contributed by atoms with Gasteiger partial charge in [-0.3, -0.25) is 4.79 Å². The zero-order valence-corrected chi connectivity index (χ0v) is 19.5. The van der Waals surface area contributed by atoms with E-state index in [2.05, 4.69) is 9.97 Å². The lowest BCUT2D eigenvalue weighted by atomic mass is 9.98. The number of benzene rings is 3. The van der Waals surface area contributed by atoms with Crippen molar-refractivity contribution in [2.75, 3.05) is 5.73 Å². The summed E-state index contributed by atoms with van der Waals surface area (Å²) >= 11 is 5.97. The van der Waals surface area contributed by atoms with E-state index in [1.54, 1.807) is 23.1 Å². The number of rotatable bonds is 3. The molecule has 1 amide bonds. The first-order valence-electron chi connectivity index (χ1n) is 10.9. The van der Waals surface area contributed by atoms with Crippen LogP contribution in [-0.2, 0) is 19.0 Å². The average molecular weight is 481 g/mol. The van der Waals surface area contributed by atoms with Crippen molar-refractivity contribution in [1.29, 1.82) is 0 Å². The fourth-order valence-corrected chi connectivity index (χ4v) is 4.29. The second kappa shape index (κ2) is 9.73. The Labute approximate surface area is 201 Å². The van der Waals surface area contributed by atoms with Crippen molar-refractivity contribution in [2.45, 2.75) is 32.8 Å². The number of nitrogens with two attached hydrogens (primary N) is 1. The minimum absolute atomic E-state index is 0.000627. The van der Waals surface area contributed by atoms with E-state index in [9.17, 15) is 13.6 Å². The summed E-state index contributed by atoms with van der Waals surface area (Å²) in [4.78, 5) is 23.6. The summed E-state index contributed by atoms with van der Waals surface area (Å²) in [5, 5.41) is 0.475. The van der Waals surface area contributed by atoms with Gasteiger partial charge in [0, 0.05) is 24.4 Å². The lowest BCUT2D eigenvalue weighted by molar-refractivity contribution is 0.0747. The molecule has 0 saturated carbocycles. The largest absolute Gasteiger partial charge is 0.368 e. The van der Waals surface area contributed by atoms with E-state index < -0.39 is 11.6 Å². The van der Waals surface area contributed by atoms with Crippen molar-refractivity contribution in [2.24, 2.45) is 0 Å². The van der Waals surface area contributed by atoms with E-state index in [1.807, 2.05) is 38.1 Å². The number of nitrogens with zero attached hydrogens (tertiary/aromatic N) is 3. The van der Waals surface area contributed by atoms with Crippen LogP contribution in [0.15, 0.2) is 54.6 Å². The third kappa shape index (κ3) is 4.31. The van der Waals surface area contributed by atoms with Gasteiger partial charge in [0.25, 0.3) is 5.91 Å². The molecule has 5 nitrogen and oxygen atoms in total. The van der Waals surface area contributed by atoms with Gasteiger partial charge in [-0.1, -0.05) is 44.2 Å². The summed E-state index contributed by atoms with van der Waals surface area (Å²) < 4.78 is 27.7. The van der Waals surface area contributed by atoms with Gasteiger partial charge in [-0.15, -0.1) is 11.6 Å². The molecular formula is C26H23ClF2N4O. The minimum Gasteiger partial charge on any atom is -0.368 e. The average Bonchev–Trinajstić information content (AvgIpc) is 3.30. The number of carbonyl (C=O) groups is 1. The van der Waals surface area contributed by atoms with Crippen LogP contribution in [0.4, 0.5) is 14.7 Å². The molecule has 0 bridgehead atoms. The number of hydrogen-bond donors (Lipinski definition) is 1. The maximum absolute atomic E-state index is 14.0. The Kier molecular flexibility index (Phi) is 6.75. The number of anilines is 1. The molecule has 4 aromatic rings. The predicted molar refractivity (Wildman–Crippen MR) is 130 cm³/mol. The number of nitrogen functional groups attached to an aromatic ring is 1. The van der Waals surface area contributed by atoms with Crippen LogP contribution in [0.1, 0.15) is 41.0 Å². The number of fused-ring (bicyclic) bond motifs is 2. The summed E-state index contributed by atoms with van der Waals surface area (Å²) in [6.07, 6.45) is 0. The Morgan fingerprint density at radius 3 is 2.29 bits per heavy atom.